The van der Waals surface area contributed by atoms with Gasteiger partial charge in [0.05, 0.1) is 12.5 Å². The summed E-state index contributed by atoms with van der Waals surface area (Å²) in [6.07, 6.45) is 1.82. The highest BCUT2D eigenvalue weighted by molar-refractivity contribution is 4.87. The van der Waals surface area contributed by atoms with E-state index in [0.29, 0.717) is 24.4 Å². The summed E-state index contributed by atoms with van der Waals surface area (Å²) in [6, 6.07) is 2.90. The largest absolute Gasteiger partial charge is 0.328 e. The van der Waals surface area contributed by atoms with Gasteiger partial charge >= 0.3 is 0 Å². The average Bonchev–Trinajstić information content (AvgIpc) is 2.52. The summed E-state index contributed by atoms with van der Waals surface area (Å²) >= 11 is 0. The molecule has 0 aromatic heterocycles. The topological polar surface area (TPSA) is 53.0 Å². The van der Waals surface area contributed by atoms with Crippen LogP contribution in [0.15, 0.2) is 0 Å². The van der Waals surface area contributed by atoms with Crippen molar-refractivity contribution in [1.82, 2.24) is 4.90 Å². The van der Waals surface area contributed by atoms with Gasteiger partial charge in [0.1, 0.15) is 0 Å². The molecule has 0 spiro atoms. The monoisotopic (exact) mass is 181 g/mol. The standard InChI is InChI=1S/C10H19N3/c1-8(3-5-11)13-6-4-10(7-13)9(2)12/h8-10H,3-4,6-7,12H2,1-2H3. The minimum absolute atomic E-state index is 0.291. The zero-order valence-electron chi connectivity index (χ0n) is 8.53. The van der Waals surface area contributed by atoms with Crippen molar-refractivity contribution < 1.29 is 0 Å². The van der Waals surface area contributed by atoms with Crippen molar-refractivity contribution in [1.29, 1.82) is 5.26 Å². The molecule has 0 saturated carbocycles. The van der Waals surface area contributed by atoms with Crippen LogP contribution in [0, 0.1) is 17.2 Å². The molecule has 1 fully saturated rings. The van der Waals surface area contributed by atoms with E-state index in [9.17, 15) is 0 Å². The summed E-state index contributed by atoms with van der Waals surface area (Å²) in [5.74, 6) is 0.626. The predicted octanol–water partition coefficient (Wildman–Crippen LogP) is 0.958. The van der Waals surface area contributed by atoms with Gasteiger partial charge in [-0.1, -0.05) is 0 Å². The van der Waals surface area contributed by atoms with Crippen LogP contribution in [0.2, 0.25) is 0 Å². The second kappa shape index (κ2) is 4.59. The van der Waals surface area contributed by atoms with Gasteiger partial charge in [-0.05, 0) is 32.7 Å². The summed E-state index contributed by atoms with van der Waals surface area (Å²) in [5.41, 5.74) is 5.84. The molecule has 0 amide bonds. The maximum absolute atomic E-state index is 8.57. The number of nitrogens with zero attached hydrogens (tertiary/aromatic N) is 2. The average molecular weight is 181 g/mol. The molecule has 1 aliphatic rings. The number of hydrogen-bond acceptors (Lipinski definition) is 3. The number of nitrogens with two attached hydrogens (primary N) is 1. The minimum Gasteiger partial charge on any atom is -0.328 e. The van der Waals surface area contributed by atoms with E-state index in [0.717, 1.165) is 13.1 Å². The Kier molecular flexibility index (Phi) is 3.71. The number of rotatable bonds is 3. The molecule has 1 aliphatic heterocycles. The van der Waals surface area contributed by atoms with Crippen LogP contribution in [0.5, 0.6) is 0 Å². The second-order valence-electron chi connectivity index (χ2n) is 4.11. The van der Waals surface area contributed by atoms with Gasteiger partial charge in [0.15, 0.2) is 0 Å². The Balaban J connectivity index is 2.37. The van der Waals surface area contributed by atoms with Crippen molar-refractivity contribution >= 4 is 0 Å². The fourth-order valence-corrected chi connectivity index (χ4v) is 1.91. The molecule has 3 atom stereocenters. The SMILES string of the molecule is CC(N)C1CCN(C(C)CC#N)C1. The molecule has 2 N–H and O–H groups in total. The Labute approximate surface area is 80.5 Å². The lowest BCUT2D eigenvalue weighted by atomic mass is 10.0. The van der Waals surface area contributed by atoms with E-state index in [-0.39, 0.29) is 0 Å². The van der Waals surface area contributed by atoms with Crippen LogP contribution in [0.3, 0.4) is 0 Å². The molecule has 1 saturated heterocycles. The first-order chi connectivity index (χ1) is 6.15. The third-order valence-electron chi connectivity index (χ3n) is 3.01. The lowest BCUT2D eigenvalue weighted by Gasteiger charge is -2.22. The van der Waals surface area contributed by atoms with Crippen molar-refractivity contribution in [2.75, 3.05) is 13.1 Å². The molecule has 3 heteroatoms. The van der Waals surface area contributed by atoms with Gasteiger partial charge < -0.3 is 5.73 Å². The molecule has 0 aromatic carbocycles. The van der Waals surface area contributed by atoms with E-state index in [2.05, 4.69) is 24.8 Å². The Morgan fingerprint density at radius 2 is 2.31 bits per heavy atom. The Morgan fingerprint density at radius 3 is 2.77 bits per heavy atom. The highest BCUT2D eigenvalue weighted by Crippen LogP contribution is 2.21. The molecule has 3 unspecified atom stereocenters. The smallest absolute Gasteiger partial charge is 0.0638 e. The lowest BCUT2D eigenvalue weighted by Crippen LogP contribution is -2.34. The molecule has 0 radical (unpaired) electrons. The van der Waals surface area contributed by atoms with Crippen LogP contribution >= 0.6 is 0 Å². The Morgan fingerprint density at radius 1 is 1.62 bits per heavy atom. The van der Waals surface area contributed by atoms with Gasteiger partial charge in [-0.25, -0.2) is 0 Å². The summed E-state index contributed by atoms with van der Waals surface area (Å²) < 4.78 is 0. The highest BCUT2D eigenvalue weighted by atomic mass is 15.2. The number of likely N-dealkylation sites (tertiary alicyclic amines) is 1. The molecule has 0 bridgehead atoms. The molecule has 0 aliphatic carbocycles. The van der Waals surface area contributed by atoms with Gasteiger partial charge in [-0.15, -0.1) is 0 Å². The van der Waals surface area contributed by atoms with Crippen molar-refractivity contribution in [2.45, 2.75) is 38.8 Å². The maximum atomic E-state index is 8.57. The van der Waals surface area contributed by atoms with Crippen molar-refractivity contribution in [2.24, 2.45) is 11.7 Å². The summed E-state index contributed by atoms with van der Waals surface area (Å²) in [7, 11) is 0. The quantitative estimate of drug-likeness (QED) is 0.705. The molecular formula is C10H19N3. The van der Waals surface area contributed by atoms with Crippen LogP contribution in [0.4, 0.5) is 0 Å². The fourth-order valence-electron chi connectivity index (χ4n) is 1.91. The minimum atomic E-state index is 0.291. The van der Waals surface area contributed by atoms with E-state index >= 15 is 0 Å². The van der Waals surface area contributed by atoms with Crippen LogP contribution in [0.1, 0.15) is 26.7 Å². The van der Waals surface area contributed by atoms with Crippen molar-refractivity contribution in [3.63, 3.8) is 0 Å². The molecule has 1 rings (SSSR count). The number of hydrogen-bond donors (Lipinski definition) is 1. The van der Waals surface area contributed by atoms with Crippen molar-refractivity contribution in [3.8, 4) is 6.07 Å². The van der Waals surface area contributed by atoms with Gasteiger partial charge in [0.2, 0.25) is 0 Å². The van der Waals surface area contributed by atoms with Crippen molar-refractivity contribution in [3.05, 3.63) is 0 Å². The normalized spacial score (nSPS) is 28.3. The highest BCUT2D eigenvalue weighted by Gasteiger charge is 2.27. The van der Waals surface area contributed by atoms with Crippen LogP contribution in [-0.2, 0) is 0 Å². The van der Waals surface area contributed by atoms with E-state index in [1.165, 1.54) is 6.42 Å². The maximum Gasteiger partial charge on any atom is 0.0638 e. The molecule has 0 aromatic rings. The zero-order valence-corrected chi connectivity index (χ0v) is 8.53. The lowest BCUT2D eigenvalue weighted by molar-refractivity contribution is 0.248. The Hall–Kier alpha value is -0.590. The van der Waals surface area contributed by atoms with Crippen LogP contribution in [-0.4, -0.2) is 30.1 Å². The van der Waals surface area contributed by atoms with E-state index in [1.807, 2.05) is 0 Å². The van der Waals surface area contributed by atoms with Crippen LogP contribution < -0.4 is 5.73 Å². The van der Waals surface area contributed by atoms with E-state index in [1.54, 1.807) is 0 Å². The van der Waals surface area contributed by atoms with Gasteiger partial charge in [0, 0.05) is 18.6 Å². The summed E-state index contributed by atoms with van der Waals surface area (Å²) in [5, 5.41) is 8.57. The third kappa shape index (κ3) is 2.68. The molecule has 13 heavy (non-hydrogen) atoms. The van der Waals surface area contributed by atoms with Gasteiger partial charge in [0.25, 0.3) is 0 Å². The van der Waals surface area contributed by atoms with Gasteiger partial charge in [-0.2, -0.15) is 5.26 Å². The summed E-state index contributed by atoms with van der Waals surface area (Å²) in [4.78, 5) is 2.37. The summed E-state index contributed by atoms with van der Waals surface area (Å²) in [6.45, 7) is 6.37. The third-order valence-corrected chi connectivity index (χ3v) is 3.01. The molecular weight excluding hydrogens is 162 g/mol. The zero-order chi connectivity index (χ0) is 9.84. The first-order valence-corrected chi connectivity index (χ1v) is 5.01. The first-order valence-electron chi connectivity index (χ1n) is 5.01. The van der Waals surface area contributed by atoms with Crippen LogP contribution in [0.25, 0.3) is 0 Å². The molecule has 3 nitrogen and oxygen atoms in total. The second-order valence-corrected chi connectivity index (χ2v) is 4.11. The molecule has 1 heterocycles. The van der Waals surface area contributed by atoms with E-state index < -0.39 is 0 Å². The fraction of sp³-hybridized carbons (Fsp3) is 0.900. The van der Waals surface area contributed by atoms with E-state index in [4.69, 9.17) is 11.0 Å². The predicted molar refractivity (Wildman–Crippen MR) is 53.0 cm³/mol. The Bertz CT molecular complexity index is 195. The number of nitriles is 1. The molecule has 74 valence electrons. The van der Waals surface area contributed by atoms with Gasteiger partial charge in [-0.3, -0.25) is 4.90 Å². The first kappa shape index (κ1) is 10.5.